The minimum absolute atomic E-state index is 0.0811. The molecule has 0 saturated heterocycles. The Morgan fingerprint density at radius 2 is 2.03 bits per heavy atom. The molecule has 7 heteroatoms. The van der Waals surface area contributed by atoms with E-state index in [-0.39, 0.29) is 22.9 Å². The number of rotatable bonds is 6. The van der Waals surface area contributed by atoms with Crippen LogP contribution < -0.4 is 11.3 Å². The first kappa shape index (κ1) is 18.8. The number of anilines is 1. The molecule has 1 fully saturated rings. The zero-order valence-corrected chi connectivity index (χ0v) is 16.2. The van der Waals surface area contributed by atoms with Crippen LogP contribution in [0.2, 0.25) is 0 Å². The van der Waals surface area contributed by atoms with E-state index in [1.807, 2.05) is 37.3 Å². The standard InChI is InChI=1S/C22H22N6O/c1-14(9-19-18(11-23)22(24)26-13-25-19)17-10-20(29)28(12-15-7-8-15)27-21(17)16-5-3-2-4-6-16/h2-6,10,13-15H,7-9,12H2,1H3,(H2,24,25,26). The number of nitrogen functional groups attached to an aromatic ring is 1. The Morgan fingerprint density at radius 1 is 1.28 bits per heavy atom. The maximum absolute atomic E-state index is 12.7. The van der Waals surface area contributed by atoms with Crippen LogP contribution in [0.25, 0.3) is 11.3 Å². The van der Waals surface area contributed by atoms with E-state index in [1.165, 1.54) is 6.33 Å². The molecule has 1 aliphatic rings. The van der Waals surface area contributed by atoms with Gasteiger partial charge in [0.25, 0.3) is 5.56 Å². The molecule has 0 bridgehead atoms. The minimum Gasteiger partial charge on any atom is -0.382 e. The van der Waals surface area contributed by atoms with Crippen molar-refractivity contribution < 1.29 is 0 Å². The molecular formula is C22H22N6O. The third-order valence-electron chi connectivity index (χ3n) is 5.30. The SMILES string of the molecule is CC(Cc1ncnc(N)c1C#N)c1cc(=O)n(CC2CC2)nc1-c1ccccc1. The Bertz CT molecular complexity index is 1130. The molecule has 7 nitrogen and oxygen atoms in total. The van der Waals surface area contributed by atoms with Crippen molar-refractivity contribution in [3.05, 3.63) is 69.9 Å². The van der Waals surface area contributed by atoms with Gasteiger partial charge in [-0.1, -0.05) is 37.3 Å². The summed E-state index contributed by atoms with van der Waals surface area (Å²) in [4.78, 5) is 20.9. The van der Waals surface area contributed by atoms with Crippen LogP contribution in [0.3, 0.4) is 0 Å². The summed E-state index contributed by atoms with van der Waals surface area (Å²) in [6, 6.07) is 13.6. The second-order valence-electron chi connectivity index (χ2n) is 7.58. The molecule has 29 heavy (non-hydrogen) atoms. The van der Waals surface area contributed by atoms with Gasteiger partial charge in [0.1, 0.15) is 23.8 Å². The first-order chi connectivity index (χ1) is 14.1. The molecule has 0 radical (unpaired) electrons. The fraction of sp³-hybridized carbons (Fsp3) is 0.318. The maximum Gasteiger partial charge on any atom is 0.267 e. The molecule has 2 heterocycles. The van der Waals surface area contributed by atoms with Crippen molar-refractivity contribution in [2.75, 3.05) is 5.73 Å². The molecule has 2 aromatic heterocycles. The molecule has 1 atom stereocenters. The topological polar surface area (TPSA) is 110 Å². The Balaban J connectivity index is 1.76. The molecule has 1 aliphatic carbocycles. The first-order valence-corrected chi connectivity index (χ1v) is 9.73. The molecule has 1 unspecified atom stereocenters. The smallest absolute Gasteiger partial charge is 0.267 e. The summed E-state index contributed by atoms with van der Waals surface area (Å²) in [5.41, 5.74) is 9.19. The fourth-order valence-corrected chi connectivity index (χ4v) is 3.49. The number of nitrogens with zero attached hydrogens (tertiary/aromatic N) is 5. The Labute approximate surface area is 168 Å². The van der Waals surface area contributed by atoms with Crippen molar-refractivity contribution in [2.45, 2.75) is 38.6 Å². The van der Waals surface area contributed by atoms with Gasteiger partial charge in [0.15, 0.2) is 0 Å². The monoisotopic (exact) mass is 386 g/mol. The van der Waals surface area contributed by atoms with Crippen LogP contribution in [0.15, 0.2) is 47.5 Å². The maximum atomic E-state index is 12.7. The second kappa shape index (κ2) is 7.84. The number of hydrogen-bond donors (Lipinski definition) is 1. The van der Waals surface area contributed by atoms with Gasteiger partial charge in [-0.15, -0.1) is 0 Å². The van der Waals surface area contributed by atoms with Gasteiger partial charge in [-0.3, -0.25) is 4.79 Å². The lowest BCUT2D eigenvalue weighted by Crippen LogP contribution is -2.25. The van der Waals surface area contributed by atoms with Crippen molar-refractivity contribution in [3.63, 3.8) is 0 Å². The van der Waals surface area contributed by atoms with Crippen LogP contribution in [0.4, 0.5) is 5.82 Å². The van der Waals surface area contributed by atoms with Gasteiger partial charge in [0.05, 0.1) is 11.4 Å². The van der Waals surface area contributed by atoms with E-state index in [2.05, 4.69) is 16.0 Å². The number of hydrogen-bond acceptors (Lipinski definition) is 6. The molecular weight excluding hydrogens is 364 g/mol. The largest absolute Gasteiger partial charge is 0.382 e. The lowest BCUT2D eigenvalue weighted by molar-refractivity contribution is 0.531. The molecule has 2 N–H and O–H groups in total. The molecule has 3 aromatic rings. The number of benzene rings is 1. The lowest BCUT2D eigenvalue weighted by Gasteiger charge is -2.18. The quantitative estimate of drug-likeness (QED) is 0.697. The van der Waals surface area contributed by atoms with E-state index in [9.17, 15) is 10.1 Å². The third kappa shape index (κ3) is 4.02. The van der Waals surface area contributed by atoms with Crippen LogP contribution in [-0.2, 0) is 13.0 Å². The van der Waals surface area contributed by atoms with Crippen LogP contribution in [0, 0.1) is 17.2 Å². The van der Waals surface area contributed by atoms with Crippen molar-refractivity contribution in [3.8, 4) is 17.3 Å². The highest BCUT2D eigenvalue weighted by Gasteiger charge is 2.24. The van der Waals surface area contributed by atoms with E-state index in [0.717, 1.165) is 29.7 Å². The van der Waals surface area contributed by atoms with Gasteiger partial charge in [0, 0.05) is 18.2 Å². The molecule has 0 spiro atoms. The summed E-state index contributed by atoms with van der Waals surface area (Å²) in [6.07, 6.45) is 4.13. The highest BCUT2D eigenvalue weighted by molar-refractivity contribution is 5.63. The number of nitriles is 1. The molecule has 0 aliphatic heterocycles. The van der Waals surface area contributed by atoms with Gasteiger partial charge in [-0.2, -0.15) is 10.4 Å². The summed E-state index contributed by atoms with van der Waals surface area (Å²) in [7, 11) is 0. The van der Waals surface area contributed by atoms with Gasteiger partial charge in [0.2, 0.25) is 0 Å². The summed E-state index contributed by atoms with van der Waals surface area (Å²) in [5, 5.41) is 14.1. The molecule has 146 valence electrons. The van der Waals surface area contributed by atoms with Gasteiger partial charge < -0.3 is 5.73 Å². The zero-order chi connectivity index (χ0) is 20.4. The zero-order valence-electron chi connectivity index (χ0n) is 16.2. The molecule has 4 rings (SSSR count). The normalized spacial score (nSPS) is 14.3. The Kier molecular flexibility index (Phi) is 5.09. The van der Waals surface area contributed by atoms with Gasteiger partial charge in [-0.05, 0) is 36.7 Å². The van der Waals surface area contributed by atoms with Crippen molar-refractivity contribution in [1.82, 2.24) is 19.7 Å². The predicted molar refractivity (Wildman–Crippen MR) is 110 cm³/mol. The van der Waals surface area contributed by atoms with Crippen molar-refractivity contribution >= 4 is 5.82 Å². The van der Waals surface area contributed by atoms with Crippen LogP contribution in [0.1, 0.15) is 42.5 Å². The predicted octanol–water partition coefficient (Wildman–Crippen LogP) is 2.91. The Hall–Kier alpha value is -3.53. The average Bonchev–Trinajstić information content (AvgIpc) is 3.54. The van der Waals surface area contributed by atoms with E-state index in [4.69, 9.17) is 10.8 Å². The summed E-state index contributed by atoms with van der Waals surface area (Å²) >= 11 is 0. The molecule has 1 saturated carbocycles. The second-order valence-corrected chi connectivity index (χ2v) is 7.58. The highest BCUT2D eigenvalue weighted by atomic mass is 16.1. The van der Waals surface area contributed by atoms with Crippen molar-refractivity contribution in [1.29, 1.82) is 5.26 Å². The third-order valence-corrected chi connectivity index (χ3v) is 5.30. The van der Waals surface area contributed by atoms with Gasteiger partial charge >= 0.3 is 0 Å². The van der Waals surface area contributed by atoms with Crippen molar-refractivity contribution in [2.24, 2.45) is 5.92 Å². The van der Waals surface area contributed by atoms with Crippen LogP contribution in [0.5, 0.6) is 0 Å². The minimum atomic E-state index is -0.0962. The van der Waals surface area contributed by atoms with Crippen LogP contribution in [-0.4, -0.2) is 19.7 Å². The summed E-state index contributed by atoms with van der Waals surface area (Å²) in [6.45, 7) is 2.67. The number of aromatic nitrogens is 4. The van der Waals surface area contributed by atoms with E-state index in [1.54, 1.807) is 10.7 Å². The molecule has 1 aromatic carbocycles. The van der Waals surface area contributed by atoms with E-state index >= 15 is 0 Å². The number of nitrogens with two attached hydrogens (primary N) is 1. The fourth-order valence-electron chi connectivity index (χ4n) is 3.49. The highest BCUT2D eigenvalue weighted by Crippen LogP contribution is 2.32. The van der Waals surface area contributed by atoms with E-state index < -0.39 is 0 Å². The van der Waals surface area contributed by atoms with E-state index in [0.29, 0.717) is 24.6 Å². The average molecular weight is 386 g/mol. The van der Waals surface area contributed by atoms with Gasteiger partial charge in [-0.25, -0.2) is 14.6 Å². The van der Waals surface area contributed by atoms with Crippen LogP contribution >= 0.6 is 0 Å². The Morgan fingerprint density at radius 3 is 2.72 bits per heavy atom. The molecule has 0 amide bonds. The summed E-state index contributed by atoms with van der Waals surface area (Å²) in [5.74, 6) is 0.641. The summed E-state index contributed by atoms with van der Waals surface area (Å²) < 4.78 is 1.58. The lowest BCUT2D eigenvalue weighted by atomic mass is 9.91. The first-order valence-electron chi connectivity index (χ1n) is 9.73.